The van der Waals surface area contributed by atoms with E-state index in [0.717, 1.165) is 45.7 Å². The molecule has 0 radical (unpaired) electrons. The molecule has 6 heteroatoms. The predicted molar refractivity (Wildman–Crippen MR) is 122 cm³/mol. The molecule has 0 saturated carbocycles. The van der Waals surface area contributed by atoms with Crippen LogP contribution in [0.25, 0.3) is 22.2 Å². The molecule has 0 aliphatic heterocycles. The van der Waals surface area contributed by atoms with Crippen molar-refractivity contribution in [1.29, 1.82) is 0 Å². The summed E-state index contributed by atoms with van der Waals surface area (Å²) in [5.41, 5.74) is 6.22. The largest absolute Gasteiger partial charge is 0.294 e. The lowest BCUT2D eigenvalue weighted by Crippen LogP contribution is -2.07. The number of nitrogens with zero attached hydrogens (tertiary/aromatic N) is 5. The number of pyridine rings is 1. The summed E-state index contributed by atoms with van der Waals surface area (Å²) in [5.74, 6) is 0.526. The molecule has 0 fully saturated rings. The van der Waals surface area contributed by atoms with Gasteiger partial charge in [0.05, 0.1) is 28.8 Å². The van der Waals surface area contributed by atoms with Crippen molar-refractivity contribution in [3.05, 3.63) is 71.6 Å². The van der Waals surface area contributed by atoms with Crippen molar-refractivity contribution in [3.8, 4) is 11.3 Å². The molecule has 0 saturated heterocycles. The zero-order valence-electron chi connectivity index (χ0n) is 18.5. The summed E-state index contributed by atoms with van der Waals surface area (Å²) in [6.45, 7) is 9.03. The molecule has 3 aromatic heterocycles. The number of aromatic nitrogens is 5. The Bertz CT molecular complexity index is 1210. The van der Waals surface area contributed by atoms with Crippen LogP contribution in [0.2, 0.25) is 0 Å². The maximum absolute atomic E-state index is 13.1. The summed E-state index contributed by atoms with van der Waals surface area (Å²) < 4.78 is 1.99. The van der Waals surface area contributed by atoms with Gasteiger partial charge in [-0.2, -0.15) is 5.10 Å². The van der Waals surface area contributed by atoms with Gasteiger partial charge in [0.15, 0.2) is 5.78 Å². The van der Waals surface area contributed by atoms with E-state index < -0.39 is 0 Å². The van der Waals surface area contributed by atoms with Crippen molar-refractivity contribution in [2.75, 3.05) is 0 Å². The van der Waals surface area contributed by atoms with E-state index in [4.69, 9.17) is 0 Å². The Balaban J connectivity index is 1.72. The van der Waals surface area contributed by atoms with Gasteiger partial charge in [0.25, 0.3) is 0 Å². The lowest BCUT2D eigenvalue weighted by atomic mass is 9.98. The first-order chi connectivity index (χ1) is 14.9. The Kier molecular flexibility index (Phi) is 5.89. The van der Waals surface area contributed by atoms with Crippen LogP contribution in [0.1, 0.15) is 47.6 Å². The van der Waals surface area contributed by atoms with Gasteiger partial charge >= 0.3 is 0 Å². The molecular formula is C25H27N5O. The number of rotatable bonds is 7. The molecule has 1 aromatic carbocycles. The monoisotopic (exact) mass is 413 g/mol. The van der Waals surface area contributed by atoms with Crippen LogP contribution in [-0.2, 0) is 13.0 Å². The zero-order chi connectivity index (χ0) is 22.0. The SMILES string of the molecule is Cc1ccc(-c2cc(C(=O)CCc3cnc(C)cn3)cc3c2cnn3CC(C)C)nc1. The van der Waals surface area contributed by atoms with Crippen molar-refractivity contribution in [2.45, 2.75) is 47.1 Å². The van der Waals surface area contributed by atoms with Gasteiger partial charge in [-0.3, -0.25) is 24.4 Å². The van der Waals surface area contributed by atoms with Crippen LogP contribution in [0.15, 0.2) is 49.1 Å². The number of Topliss-reactive ketones (excluding diaryl/α,β-unsaturated/α-hetero) is 1. The van der Waals surface area contributed by atoms with E-state index in [9.17, 15) is 4.79 Å². The van der Waals surface area contributed by atoms with E-state index in [1.807, 2.05) is 55.2 Å². The number of carbonyl (C=O) groups excluding carboxylic acids is 1. The summed E-state index contributed by atoms with van der Waals surface area (Å²) in [6.07, 6.45) is 8.15. The Morgan fingerprint density at radius 3 is 2.52 bits per heavy atom. The summed E-state index contributed by atoms with van der Waals surface area (Å²) in [6, 6.07) is 7.95. The molecule has 0 bridgehead atoms. The van der Waals surface area contributed by atoms with Gasteiger partial charge in [-0.25, -0.2) is 0 Å². The van der Waals surface area contributed by atoms with E-state index in [0.29, 0.717) is 24.3 Å². The lowest BCUT2D eigenvalue weighted by Gasteiger charge is -2.11. The third-order valence-electron chi connectivity index (χ3n) is 5.25. The minimum absolute atomic E-state index is 0.0786. The van der Waals surface area contributed by atoms with Crippen LogP contribution >= 0.6 is 0 Å². The Morgan fingerprint density at radius 2 is 1.84 bits per heavy atom. The van der Waals surface area contributed by atoms with Crippen molar-refractivity contribution >= 4 is 16.7 Å². The molecule has 0 N–H and O–H groups in total. The van der Waals surface area contributed by atoms with Crippen LogP contribution in [0, 0.1) is 19.8 Å². The molecule has 4 aromatic rings. The standard InChI is InChI=1S/C25H27N5O/c1-16(2)15-30-24-10-19(25(31)8-6-20-13-26-18(4)12-27-20)9-21(22(24)14-29-30)23-7-5-17(3)11-28-23/h5,7,9-14,16H,6,8,15H2,1-4H3. The third kappa shape index (κ3) is 4.68. The van der Waals surface area contributed by atoms with Crippen molar-refractivity contribution < 1.29 is 4.79 Å². The van der Waals surface area contributed by atoms with E-state index in [2.05, 4.69) is 33.9 Å². The quantitative estimate of drug-likeness (QED) is 0.400. The van der Waals surface area contributed by atoms with E-state index in [-0.39, 0.29) is 5.78 Å². The maximum atomic E-state index is 13.1. The maximum Gasteiger partial charge on any atom is 0.163 e. The summed E-state index contributed by atoms with van der Waals surface area (Å²) >= 11 is 0. The number of aryl methyl sites for hydroxylation is 3. The first-order valence-electron chi connectivity index (χ1n) is 10.6. The molecule has 0 aliphatic rings. The third-order valence-corrected chi connectivity index (χ3v) is 5.25. The van der Waals surface area contributed by atoms with Gasteiger partial charge in [-0.15, -0.1) is 0 Å². The fourth-order valence-corrected chi connectivity index (χ4v) is 3.60. The minimum Gasteiger partial charge on any atom is -0.294 e. The molecule has 0 spiro atoms. The highest BCUT2D eigenvalue weighted by Gasteiger charge is 2.16. The van der Waals surface area contributed by atoms with Gasteiger partial charge in [-0.05, 0) is 49.9 Å². The Hall–Kier alpha value is -3.41. The predicted octanol–water partition coefficient (Wildman–Crippen LogP) is 4.98. The summed E-state index contributed by atoms with van der Waals surface area (Å²) in [5, 5.41) is 5.61. The molecule has 0 aliphatic carbocycles. The van der Waals surface area contributed by atoms with Gasteiger partial charge in [0, 0.05) is 48.1 Å². The average Bonchev–Trinajstić information content (AvgIpc) is 3.15. The smallest absolute Gasteiger partial charge is 0.163 e. The molecule has 0 unspecified atom stereocenters. The van der Waals surface area contributed by atoms with Gasteiger partial charge in [-0.1, -0.05) is 19.9 Å². The highest BCUT2D eigenvalue weighted by molar-refractivity contribution is 6.04. The van der Waals surface area contributed by atoms with E-state index in [1.165, 1.54) is 0 Å². The molecule has 0 atom stereocenters. The second kappa shape index (κ2) is 8.76. The molecule has 0 amide bonds. The Labute approximate surface area is 182 Å². The lowest BCUT2D eigenvalue weighted by molar-refractivity contribution is 0.0982. The molecule has 4 rings (SSSR count). The van der Waals surface area contributed by atoms with E-state index in [1.54, 1.807) is 12.4 Å². The first-order valence-corrected chi connectivity index (χ1v) is 10.6. The second-order valence-electron chi connectivity index (χ2n) is 8.47. The fourth-order valence-electron chi connectivity index (χ4n) is 3.60. The van der Waals surface area contributed by atoms with Gasteiger partial charge in [0.2, 0.25) is 0 Å². The van der Waals surface area contributed by atoms with Gasteiger partial charge < -0.3 is 0 Å². The zero-order valence-corrected chi connectivity index (χ0v) is 18.5. The normalized spacial score (nSPS) is 11.4. The minimum atomic E-state index is 0.0786. The van der Waals surface area contributed by atoms with Crippen LogP contribution in [0.3, 0.4) is 0 Å². The average molecular weight is 414 g/mol. The summed E-state index contributed by atoms with van der Waals surface area (Å²) in [7, 11) is 0. The molecule has 6 nitrogen and oxygen atoms in total. The van der Waals surface area contributed by atoms with Gasteiger partial charge in [0.1, 0.15) is 0 Å². The van der Waals surface area contributed by atoms with Crippen molar-refractivity contribution in [2.24, 2.45) is 5.92 Å². The number of hydrogen-bond acceptors (Lipinski definition) is 5. The van der Waals surface area contributed by atoms with Crippen LogP contribution < -0.4 is 0 Å². The van der Waals surface area contributed by atoms with Crippen LogP contribution in [0.5, 0.6) is 0 Å². The van der Waals surface area contributed by atoms with Crippen LogP contribution in [0.4, 0.5) is 0 Å². The summed E-state index contributed by atoms with van der Waals surface area (Å²) in [4.78, 5) is 26.4. The topological polar surface area (TPSA) is 73.6 Å². The second-order valence-corrected chi connectivity index (χ2v) is 8.47. The molecule has 3 heterocycles. The van der Waals surface area contributed by atoms with E-state index >= 15 is 0 Å². The number of fused-ring (bicyclic) bond motifs is 1. The number of carbonyl (C=O) groups is 1. The van der Waals surface area contributed by atoms with Crippen LogP contribution in [-0.4, -0.2) is 30.5 Å². The van der Waals surface area contributed by atoms with Crippen molar-refractivity contribution in [1.82, 2.24) is 24.7 Å². The number of ketones is 1. The number of benzene rings is 1. The molecule has 158 valence electrons. The molecule has 31 heavy (non-hydrogen) atoms. The first kappa shape index (κ1) is 20.8. The fraction of sp³-hybridized carbons (Fsp3) is 0.320. The molecular weight excluding hydrogens is 386 g/mol. The number of hydrogen-bond donors (Lipinski definition) is 0. The van der Waals surface area contributed by atoms with Crippen molar-refractivity contribution in [3.63, 3.8) is 0 Å². The Morgan fingerprint density at radius 1 is 1.00 bits per heavy atom. The highest BCUT2D eigenvalue weighted by Crippen LogP contribution is 2.30. The highest BCUT2D eigenvalue weighted by atomic mass is 16.1.